The maximum Gasteiger partial charge on any atom is 0.0700 e. The minimum absolute atomic E-state index is 0.873. The number of aliphatic imine (C=N–C) groups is 1. The van der Waals surface area contributed by atoms with Crippen molar-refractivity contribution in [1.82, 2.24) is 0 Å². The molecule has 0 saturated heterocycles. The molecule has 17 heavy (non-hydrogen) atoms. The molecule has 0 saturated carbocycles. The number of para-hydroxylation sites is 1. The maximum absolute atomic E-state index is 4.15. The van der Waals surface area contributed by atoms with Gasteiger partial charge in [0.25, 0.3) is 0 Å². The largest absolute Gasteiger partial charge is 0.264 e. The second-order valence-electron chi connectivity index (χ2n) is 4.02. The minimum Gasteiger partial charge on any atom is -0.264 e. The van der Waals surface area contributed by atoms with Crippen molar-refractivity contribution in [3.05, 3.63) is 71.8 Å². The molecule has 84 valence electrons. The van der Waals surface area contributed by atoms with Gasteiger partial charge in [-0.1, -0.05) is 54.6 Å². The van der Waals surface area contributed by atoms with Gasteiger partial charge in [0, 0.05) is 5.56 Å². The fraction of sp³-hybridized carbons (Fsp3) is 0.0625. The molecule has 0 amide bonds. The van der Waals surface area contributed by atoms with Crippen LogP contribution >= 0.6 is 0 Å². The molecule has 0 N–H and O–H groups in total. The summed E-state index contributed by atoms with van der Waals surface area (Å²) in [5.41, 5.74) is 5.25. The molecule has 0 radical (unpaired) electrons. The van der Waals surface area contributed by atoms with Crippen LogP contribution in [0.4, 0.5) is 5.69 Å². The number of benzene rings is 2. The standard InChI is InChI=1S/C16H15N/c1-12-8-10-14(11-9-12)13(2)15-6-4-5-7-16(15)17-3/h4-11H,2-3H2,1H3. The first kappa shape index (κ1) is 11.3. The zero-order valence-corrected chi connectivity index (χ0v) is 9.98. The quantitative estimate of drug-likeness (QED) is 0.682. The van der Waals surface area contributed by atoms with E-state index in [1.54, 1.807) is 0 Å². The Hall–Kier alpha value is -2.15. The van der Waals surface area contributed by atoms with E-state index in [0.717, 1.165) is 22.4 Å². The van der Waals surface area contributed by atoms with E-state index in [1.807, 2.05) is 24.3 Å². The summed E-state index contributed by atoms with van der Waals surface area (Å²) in [6, 6.07) is 16.2. The lowest BCUT2D eigenvalue weighted by molar-refractivity contribution is 1.44. The van der Waals surface area contributed by atoms with Crippen LogP contribution in [0.1, 0.15) is 16.7 Å². The second-order valence-corrected chi connectivity index (χ2v) is 4.02. The van der Waals surface area contributed by atoms with Gasteiger partial charge in [0.1, 0.15) is 0 Å². The molecule has 0 fully saturated rings. The lowest BCUT2D eigenvalue weighted by Gasteiger charge is -2.09. The Morgan fingerprint density at radius 3 is 2.29 bits per heavy atom. The van der Waals surface area contributed by atoms with Crippen LogP contribution in [0, 0.1) is 6.92 Å². The Labute approximate surface area is 102 Å². The van der Waals surface area contributed by atoms with E-state index in [0.29, 0.717) is 0 Å². The first-order valence-corrected chi connectivity index (χ1v) is 5.54. The molecule has 0 heterocycles. The van der Waals surface area contributed by atoms with Gasteiger partial charge < -0.3 is 0 Å². The van der Waals surface area contributed by atoms with Crippen LogP contribution in [0.15, 0.2) is 60.1 Å². The molecule has 0 aliphatic heterocycles. The van der Waals surface area contributed by atoms with Gasteiger partial charge in [-0.25, -0.2) is 0 Å². The molecule has 0 bridgehead atoms. The van der Waals surface area contributed by atoms with Crippen LogP contribution < -0.4 is 0 Å². The van der Waals surface area contributed by atoms with Crippen molar-refractivity contribution < 1.29 is 0 Å². The van der Waals surface area contributed by atoms with E-state index >= 15 is 0 Å². The molecule has 0 aromatic heterocycles. The van der Waals surface area contributed by atoms with Crippen LogP contribution in [-0.2, 0) is 0 Å². The Bertz CT molecular complexity index is 550. The molecule has 0 spiro atoms. The SMILES string of the molecule is C=Nc1ccccc1C(=C)c1ccc(C)cc1. The van der Waals surface area contributed by atoms with Crippen molar-refractivity contribution in [2.75, 3.05) is 0 Å². The minimum atomic E-state index is 0.873. The van der Waals surface area contributed by atoms with E-state index in [2.05, 4.69) is 49.5 Å². The van der Waals surface area contributed by atoms with E-state index < -0.39 is 0 Å². The molecular formula is C16H15N. The zero-order chi connectivity index (χ0) is 12.3. The average molecular weight is 221 g/mol. The number of hydrogen-bond donors (Lipinski definition) is 0. The molecule has 0 aliphatic carbocycles. The lowest BCUT2D eigenvalue weighted by atomic mass is 9.97. The van der Waals surface area contributed by atoms with Crippen LogP contribution in [0.25, 0.3) is 5.57 Å². The summed E-state index contributed by atoms with van der Waals surface area (Å²) in [5, 5.41) is 0. The van der Waals surface area contributed by atoms with Crippen LogP contribution in [0.3, 0.4) is 0 Å². The first-order valence-electron chi connectivity index (χ1n) is 5.54. The summed E-state index contributed by atoms with van der Waals surface area (Å²) < 4.78 is 0. The fourth-order valence-electron chi connectivity index (χ4n) is 1.78. The van der Waals surface area contributed by atoms with Gasteiger partial charge >= 0.3 is 0 Å². The summed E-state index contributed by atoms with van der Waals surface area (Å²) in [4.78, 5) is 4.02. The Morgan fingerprint density at radius 1 is 1.00 bits per heavy atom. The van der Waals surface area contributed by atoms with Crippen molar-refractivity contribution in [1.29, 1.82) is 0 Å². The van der Waals surface area contributed by atoms with Crippen molar-refractivity contribution in [2.24, 2.45) is 4.99 Å². The molecule has 2 aromatic carbocycles. The van der Waals surface area contributed by atoms with Gasteiger partial charge in [-0.15, -0.1) is 0 Å². The second kappa shape index (κ2) is 4.79. The van der Waals surface area contributed by atoms with Gasteiger partial charge in [-0.2, -0.15) is 0 Å². The zero-order valence-electron chi connectivity index (χ0n) is 9.98. The molecule has 1 nitrogen and oxygen atoms in total. The van der Waals surface area contributed by atoms with Gasteiger partial charge in [-0.3, -0.25) is 4.99 Å². The molecule has 1 heteroatoms. The van der Waals surface area contributed by atoms with Crippen molar-refractivity contribution in [3.63, 3.8) is 0 Å². The van der Waals surface area contributed by atoms with E-state index in [-0.39, 0.29) is 0 Å². The molecule has 0 aliphatic rings. The number of aryl methyl sites for hydroxylation is 1. The van der Waals surface area contributed by atoms with Gasteiger partial charge in [-0.05, 0) is 30.8 Å². The monoisotopic (exact) mass is 221 g/mol. The predicted molar refractivity (Wildman–Crippen MR) is 75.0 cm³/mol. The first-order chi connectivity index (χ1) is 8.22. The summed E-state index contributed by atoms with van der Waals surface area (Å²) in [6.07, 6.45) is 0. The summed E-state index contributed by atoms with van der Waals surface area (Å²) in [6.45, 7) is 9.81. The Balaban J connectivity index is 2.43. The van der Waals surface area contributed by atoms with Crippen LogP contribution in [0.2, 0.25) is 0 Å². The number of hydrogen-bond acceptors (Lipinski definition) is 1. The third kappa shape index (κ3) is 2.34. The smallest absolute Gasteiger partial charge is 0.0700 e. The van der Waals surface area contributed by atoms with Crippen LogP contribution in [0.5, 0.6) is 0 Å². The molecule has 0 atom stereocenters. The van der Waals surface area contributed by atoms with E-state index in [4.69, 9.17) is 0 Å². The normalized spacial score (nSPS) is 9.94. The summed E-state index contributed by atoms with van der Waals surface area (Å²) >= 11 is 0. The van der Waals surface area contributed by atoms with Gasteiger partial charge in [0.2, 0.25) is 0 Å². The maximum atomic E-state index is 4.15. The highest BCUT2D eigenvalue weighted by atomic mass is 14.7. The third-order valence-electron chi connectivity index (χ3n) is 2.80. The fourth-order valence-corrected chi connectivity index (χ4v) is 1.78. The summed E-state index contributed by atoms with van der Waals surface area (Å²) in [7, 11) is 0. The van der Waals surface area contributed by atoms with E-state index in [9.17, 15) is 0 Å². The highest BCUT2D eigenvalue weighted by Crippen LogP contribution is 2.29. The van der Waals surface area contributed by atoms with Gasteiger partial charge in [0.05, 0.1) is 5.69 Å². The van der Waals surface area contributed by atoms with E-state index in [1.165, 1.54) is 5.56 Å². The highest BCUT2D eigenvalue weighted by molar-refractivity contribution is 5.84. The molecule has 2 aromatic rings. The molecular weight excluding hydrogens is 206 g/mol. The van der Waals surface area contributed by atoms with Crippen molar-refractivity contribution >= 4 is 18.0 Å². The van der Waals surface area contributed by atoms with Crippen molar-refractivity contribution in [2.45, 2.75) is 6.92 Å². The molecule has 0 unspecified atom stereocenters. The number of rotatable bonds is 3. The molecule has 2 rings (SSSR count). The van der Waals surface area contributed by atoms with Crippen molar-refractivity contribution in [3.8, 4) is 0 Å². The lowest BCUT2D eigenvalue weighted by Crippen LogP contribution is -1.87. The topological polar surface area (TPSA) is 12.4 Å². The third-order valence-corrected chi connectivity index (χ3v) is 2.80. The highest BCUT2D eigenvalue weighted by Gasteiger charge is 2.05. The average Bonchev–Trinajstić information content (AvgIpc) is 2.39. The van der Waals surface area contributed by atoms with Gasteiger partial charge in [0.15, 0.2) is 0 Å². The Morgan fingerprint density at radius 2 is 1.65 bits per heavy atom. The predicted octanol–water partition coefficient (Wildman–Crippen LogP) is 4.39. The van der Waals surface area contributed by atoms with Crippen LogP contribution in [-0.4, -0.2) is 6.72 Å². The summed E-state index contributed by atoms with van der Waals surface area (Å²) in [5.74, 6) is 0. The Kier molecular flexibility index (Phi) is 3.20. The number of nitrogens with zero attached hydrogens (tertiary/aromatic N) is 1.